The highest BCUT2D eigenvalue weighted by atomic mass is 19.4. The van der Waals surface area contributed by atoms with Crippen LogP contribution in [0.5, 0.6) is 0 Å². The standard InChI is InChI=1S/C13H15F3N2O/c14-13(15,16)9-4-1-2-5-10(9)18-11(19)12(8-17)6-3-7-12/h1-2,4-5H,3,6-8,17H2,(H,18,19). The second-order valence-electron chi connectivity index (χ2n) is 4.84. The van der Waals surface area contributed by atoms with Gasteiger partial charge in [-0.15, -0.1) is 0 Å². The van der Waals surface area contributed by atoms with Crippen molar-refractivity contribution in [2.45, 2.75) is 25.4 Å². The van der Waals surface area contributed by atoms with Crippen LogP contribution in [0.15, 0.2) is 24.3 Å². The molecule has 0 radical (unpaired) electrons. The number of nitrogens with two attached hydrogens (primary N) is 1. The summed E-state index contributed by atoms with van der Waals surface area (Å²) in [4.78, 5) is 12.1. The SMILES string of the molecule is NCC1(C(=O)Nc2ccccc2C(F)(F)F)CCC1. The summed E-state index contributed by atoms with van der Waals surface area (Å²) in [6.07, 6.45) is -2.35. The molecule has 1 aliphatic carbocycles. The number of halogens is 3. The Morgan fingerprint density at radius 2 is 1.95 bits per heavy atom. The minimum absolute atomic E-state index is 0.160. The number of nitrogens with one attached hydrogen (secondary N) is 1. The van der Waals surface area contributed by atoms with E-state index in [9.17, 15) is 18.0 Å². The Morgan fingerprint density at radius 1 is 1.32 bits per heavy atom. The van der Waals surface area contributed by atoms with Gasteiger partial charge < -0.3 is 11.1 Å². The number of rotatable bonds is 3. The molecule has 0 spiro atoms. The molecule has 1 saturated carbocycles. The molecule has 0 aliphatic heterocycles. The van der Waals surface area contributed by atoms with Gasteiger partial charge in [0.15, 0.2) is 0 Å². The van der Waals surface area contributed by atoms with Crippen molar-refractivity contribution in [3.63, 3.8) is 0 Å². The molecule has 1 fully saturated rings. The Hall–Kier alpha value is -1.56. The maximum absolute atomic E-state index is 12.8. The number of amides is 1. The van der Waals surface area contributed by atoms with E-state index < -0.39 is 23.1 Å². The van der Waals surface area contributed by atoms with Gasteiger partial charge in [0.2, 0.25) is 5.91 Å². The Kier molecular flexibility index (Phi) is 3.54. The normalized spacial score (nSPS) is 17.7. The second kappa shape index (κ2) is 4.85. The lowest BCUT2D eigenvalue weighted by molar-refractivity contribution is -0.137. The fraction of sp³-hybridized carbons (Fsp3) is 0.462. The summed E-state index contributed by atoms with van der Waals surface area (Å²) in [5.74, 6) is -0.419. The van der Waals surface area contributed by atoms with Gasteiger partial charge in [0, 0.05) is 6.54 Å². The molecule has 0 unspecified atom stereocenters. The predicted molar refractivity (Wildman–Crippen MR) is 65.4 cm³/mol. The van der Waals surface area contributed by atoms with Gasteiger partial charge in [-0.3, -0.25) is 4.79 Å². The van der Waals surface area contributed by atoms with Crippen molar-refractivity contribution in [1.29, 1.82) is 0 Å². The molecule has 3 N–H and O–H groups in total. The van der Waals surface area contributed by atoms with Crippen molar-refractivity contribution in [3.8, 4) is 0 Å². The van der Waals surface area contributed by atoms with E-state index in [0.717, 1.165) is 12.5 Å². The van der Waals surface area contributed by atoms with Crippen LogP contribution in [0.4, 0.5) is 18.9 Å². The van der Waals surface area contributed by atoms with Crippen LogP contribution >= 0.6 is 0 Å². The van der Waals surface area contributed by atoms with Gasteiger partial charge in [0.05, 0.1) is 16.7 Å². The zero-order chi connectivity index (χ0) is 14.1. The monoisotopic (exact) mass is 272 g/mol. The summed E-state index contributed by atoms with van der Waals surface area (Å²) in [6.45, 7) is 0.160. The summed E-state index contributed by atoms with van der Waals surface area (Å²) >= 11 is 0. The van der Waals surface area contributed by atoms with E-state index in [1.54, 1.807) is 0 Å². The highest BCUT2D eigenvalue weighted by Crippen LogP contribution is 2.42. The third-order valence-electron chi connectivity index (χ3n) is 3.66. The molecular formula is C13H15F3N2O. The fourth-order valence-corrected chi connectivity index (χ4v) is 2.22. The van der Waals surface area contributed by atoms with Crippen molar-refractivity contribution in [3.05, 3.63) is 29.8 Å². The Balaban J connectivity index is 2.22. The van der Waals surface area contributed by atoms with Gasteiger partial charge >= 0.3 is 6.18 Å². The van der Waals surface area contributed by atoms with E-state index in [4.69, 9.17) is 5.73 Å². The number of carbonyl (C=O) groups excluding carboxylic acids is 1. The number of hydrogen-bond donors (Lipinski definition) is 2. The van der Waals surface area contributed by atoms with Crippen molar-refractivity contribution < 1.29 is 18.0 Å². The molecule has 19 heavy (non-hydrogen) atoms. The van der Waals surface area contributed by atoms with Crippen molar-refractivity contribution in [2.75, 3.05) is 11.9 Å². The number of hydrogen-bond acceptors (Lipinski definition) is 2. The minimum atomic E-state index is -4.49. The molecule has 6 heteroatoms. The molecule has 1 aromatic carbocycles. The third-order valence-corrected chi connectivity index (χ3v) is 3.66. The fourth-order valence-electron chi connectivity index (χ4n) is 2.22. The molecule has 0 saturated heterocycles. The van der Waals surface area contributed by atoms with Crippen LogP contribution in [0, 0.1) is 5.41 Å². The maximum Gasteiger partial charge on any atom is 0.418 e. The minimum Gasteiger partial charge on any atom is -0.329 e. The molecule has 0 heterocycles. The largest absolute Gasteiger partial charge is 0.418 e. The molecule has 3 nitrogen and oxygen atoms in total. The summed E-state index contributed by atoms with van der Waals surface area (Å²) in [5.41, 5.74) is 3.82. The van der Waals surface area contributed by atoms with E-state index in [0.29, 0.717) is 12.8 Å². The Bertz CT molecular complexity index is 476. The first-order valence-electron chi connectivity index (χ1n) is 6.07. The van der Waals surface area contributed by atoms with E-state index >= 15 is 0 Å². The summed E-state index contributed by atoms with van der Waals surface area (Å²) in [6, 6.07) is 4.95. The number of para-hydroxylation sites is 1. The van der Waals surface area contributed by atoms with Gasteiger partial charge in [-0.1, -0.05) is 18.6 Å². The van der Waals surface area contributed by atoms with Gasteiger partial charge in [-0.05, 0) is 25.0 Å². The smallest absolute Gasteiger partial charge is 0.329 e. The van der Waals surface area contributed by atoms with Crippen LogP contribution in [0.2, 0.25) is 0 Å². The van der Waals surface area contributed by atoms with Crippen molar-refractivity contribution >= 4 is 11.6 Å². The molecule has 0 atom stereocenters. The lowest BCUT2D eigenvalue weighted by Crippen LogP contribution is -2.47. The molecule has 0 bridgehead atoms. The summed E-state index contributed by atoms with van der Waals surface area (Å²) in [7, 11) is 0. The first-order valence-corrected chi connectivity index (χ1v) is 6.07. The van der Waals surface area contributed by atoms with Gasteiger partial charge in [0.1, 0.15) is 0 Å². The summed E-state index contributed by atoms with van der Waals surface area (Å²) < 4.78 is 38.4. The molecule has 0 aromatic heterocycles. The molecule has 1 amide bonds. The first-order chi connectivity index (χ1) is 8.89. The van der Waals surface area contributed by atoms with Gasteiger partial charge in [-0.25, -0.2) is 0 Å². The first kappa shape index (κ1) is 13.9. The molecule has 1 aliphatic rings. The van der Waals surface area contributed by atoms with E-state index in [1.807, 2.05) is 0 Å². The zero-order valence-corrected chi connectivity index (χ0v) is 10.3. The highest BCUT2D eigenvalue weighted by molar-refractivity contribution is 5.96. The average Bonchev–Trinajstić information content (AvgIpc) is 2.27. The zero-order valence-electron chi connectivity index (χ0n) is 10.3. The molecule has 104 valence electrons. The lowest BCUT2D eigenvalue weighted by Gasteiger charge is -2.39. The average molecular weight is 272 g/mol. The topological polar surface area (TPSA) is 55.1 Å². The second-order valence-corrected chi connectivity index (χ2v) is 4.84. The maximum atomic E-state index is 12.8. The van der Waals surface area contributed by atoms with Crippen LogP contribution in [0.25, 0.3) is 0 Å². The molecule has 2 rings (SSSR count). The van der Waals surface area contributed by atoms with E-state index in [2.05, 4.69) is 5.32 Å². The van der Waals surface area contributed by atoms with Crippen molar-refractivity contribution in [1.82, 2.24) is 0 Å². The molecule has 1 aromatic rings. The highest BCUT2D eigenvalue weighted by Gasteiger charge is 2.43. The predicted octanol–water partition coefficient (Wildman–Crippen LogP) is 2.77. The third kappa shape index (κ3) is 2.58. The summed E-state index contributed by atoms with van der Waals surface area (Å²) in [5, 5.41) is 2.37. The number of carbonyl (C=O) groups is 1. The van der Waals surface area contributed by atoms with E-state index in [-0.39, 0.29) is 12.2 Å². The van der Waals surface area contributed by atoms with Crippen molar-refractivity contribution in [2.24, 2.45) is 11.1 Å². The number of benzene rings is 1. The van der Waals surface area contributed by atoms with Gasteiger partial charge in [0.25, 0.3) is 0 Å². The lowest BCUT2D eigenvalue weighted by atomic mass is 9.68. The Labute approximate surface area is 109 Å². The molecular weight excluding hydrogens is 257 g/mol. The van der Waals surface area contributed by atoms with E-state index in [1.165, 1.54) is 18.2 Å². The van der Waals surface area contributed by atoms with Crippen LogP contribution in [0.1, 0.15) is 24.8 Å². The number of alkyl halides is 3. The van der Waals surface area contributed by atoms with Gasteiger partial charge in [-0.2, -0.15) is 13.2 Å². The Morgan fingerprint density at radius 3 is 2.42 bits per heavy atom. The van der Waals surface area contributed by atoms with Crippen LogP contribution in [0.3, 0.4) is 0 Å². The van der Waals surface area contributed by atoms with Crippen LogP contribution in [-0.4, -0.2) is 12.5 Å². The quantitative estimate of drug-likeness (QED) is 0.889. The number of anilines is 1. The van der Waals surface area contributed by atoms with Crippen LogP contribution < -0.4 is 11.1 Å². The van der Waals surface area contributed by atoms with Crippen LogP contribution in [-0.2, 0) is 11.0 Å².